The predicted molar refractivity (Wildman–Crippen MR) is 106 cm³/mol. The zero-order valence-corrected chi connectivity index (χ0v) is 16.7. The molecule has 0 spiro atoms. The van der Waals surface area contributed by atoms with Gasteiger partial charge < -0.3 is 4.90 Å². The van der Waals surface area contributed by atoms with Gasteiger partial charge in [0, 0.05) is 31.2 Å². The van der Waals surface area contributed by atoms with E-state index in [9.17, 15) is 8.42 Å². The number of pyridine rings is 1. The maximum absolute atomic E-state index is 12.7. The van der Waals surface area contributed by atoms with E-state index in [4.69, 9.17) is 0 Å². The zero-order valence-electron chi connectivity index (χ0n) is 15.9. The predicted octanol–water partition coefficient (Wildman–Crippen LogP) is 3.19. The molecule has 2 heterocycles. The van der Waals surface area contributed by atoms with Gasteiger partial charge in [-0.3, -0.25) is 4.98 Å². The van der Waals surface area contributed by atoms with E-state index in [2.05, 4.69) is 28.5 Å². The number of nitrogens with one attached hydrogen (secondary N) is 1. The molecule has 0 unspecified atom stereocenters. The molecule has 0 saturated carbocycles. The van der Waals surface area contributed by atoms with E-state index >= 15 is 0 Å². The number of fused-ring (bicyclic) bond motifs is 1. The summed E-state index contributed by atoms with van der Waals surface area (Å²) in [5, 5.41) is 0.851. The van der Waals surface area contributed by atoms with Crippen LogP contribution in [0.2, 0.25) is 0 Å². The molecule has 142 valence electrons. The topological polar surface area (TPSA) is 62.3 Å². The molecular formula is C20H29N3O2S. The Labute approximate surface area is 156 Å². The summed E-state index contributed by atoms with van der Waals surface area (Å²) >= 11 is 0. The third kappa shape index (κ3) is 4.61. The minimum atomic E-state index is -3.56. The average Bonchev–Trinajstić information content (AvgIpc) is 2.57. The van der Waals surface area contributed by atoms with E-state index in [1.807, 2.05) is 19.1 Å². The van der Waals surface area contributed by atoms with Gasteiger partial charge in [-0.25, -0.2) is 13.1 Å². The van der Waals surface area contributed by atoms with E-state index in [0.717, 1.165) is 48.8 Å². The molecule has 0 amide bonds. The highest BCUT2D eigenvalue weighted by atomic mass is 32.2. The van der Waals surface area contributed by atoms with Crippen molar-refractivity contribution in [3.05, 3.63) is 36.0 Å². The summed E-state index contributed by atoms with van der Waals surface area (Å²) in [7, 11) is -3.56. The summed E-state index contributed by atoms with van der Waals surface area (Å²) in [6.45, 7) is 10.1. The lowest BCUT2D eigenvalue weighted by atomic mass is 9.92. The van der Waals surface area contributed by atoms with Crippen LogP contribution in [-0.2, 0) is 10.0 Å². The van der Waals surface area contributed by atoms with Crippen molar-refractivity contribution in [3.8, 4) is 0 Å². The second-order valence-corrected chi connectivity index (χ2v) is 9.53. The molecular weight excluding hydrogens is 346 g/mol. The van der Waals surface area contributed by atoms with E-state index in [1.54, 1.807) is 18.3 Å². The van der Waals surface area contributed by atoms with Crippen LogP contribution >= 0.6 is 0 Å². The highest BCUT2D eigenvalue weighted by Crippen LogP contribution is 2.22. The first kappa shape index (κ1) is 19.3. The van der Waals surface area contributed by atoms with E-state index in [-0.39, 0.29) is 4.90 Å². The number of aromatic nitrogens is 1. The maximum atomic E-state index is 12.7. The summed E-state index contributed by atoms with van der Waals surface area (Å²) in [6.07, 6.45) is 3.81. The Hall–Kier alpha value is -1.50. The van der Waals surface area contributed by atoms with Crippen LogP contribution < -0.4 is 4.72 Å². The quantitative estimate of drug-likeness (QED) is 0.788. The molecule has 1 fully saturated rings. The summed E-state index contributed by atoms with van der Waals surface area (Å²) in [5.41, 5.74) is 1.55. The van der Waals surface area contributed by atoms with Crippen molar-refractivity contribution in [2.24, 2.45) is 11.8 Å². The summed E-state index contributed by atoms with van der Waals surface area (Å²) < 4.78 is 28.2. The third-order valence-corrected chi connectivity index (χ3v) is 6.48. The molecule has 0 radical (unpaired) electrons. The Balaban J connectivity index is 1.61. The second-order valence-electron chi connectivity index (χ2n) is 7.80. The first-order valence-corrected chi connectivity index (χ1v) is 10.9. The van der Waals surface area contributed by atoms with Crippen LogP contribution in [0, 0.1) is 18.8 Å². The van der Waals surface area contributed by atoms with Crippen molar-refractivity contribution in [1.29, 1.82) is 0 Å². The monoisotopic (exact) mass is 375 g/mol. The number of aryl methyl sites for hydroxylation is 1. The molecule has 26 heavy (non-hydrogen) atoms. The molecule has 0 bridgehead atoms. The van der Waals surface area contributed by atoms with Crippen LogP contribution in [0.1, 0.15) is 32.3 Å². The summed E-state index contributed by atoms with van der Waals surface area (Å²) in [4.78, 5) is 7.05. The smallest absolute Gasteiger partial charge is 0.242 e. The van der Waals surface area contributed by atoms with Gasteiger partial charge in [-0.1, -0.05) is 26.0 Å². The highest BCUT2D eigenvalue weighted by molar-refractivity contribution is 7.89. The summed E-state index contributed by atoms with van der Waals surface area (Å²) in [5.74, 6) is 1.45. The SMILES string of the molecule is Cc1cnc2c(S(=O)(=O)NCCCN3C[C@@H](C)C[C@H](C)C3)cccc2c1. The van der Waals surface area contributed by atoms with E-state index in [1.165, 1.54) is 6.42 Å². The number of likely N-dealkylation sites (tertiary alicyclic amines) is 1. The molecule has 2 aromatic rings. The molecule has 5 nitrogen and oxygen atoms in total. The van der Waals surface area contributed by atoms with Gasteiger partial charge in [0.25, 0.3) is 0 Å². The normalized spacial score (nSPS) is 22.0. The fraction of sp³-hybridized carbons (Fsp3) is 0.550. The van der Waals surface area contributed by atoms with Gasteiger partial charge in [0.15, 0.2) is 0 Å². The van der Waals surface area contributed by atoms with Gasteiger partial charge in [-0.05, 0) is 55.8 Å². The van der Waals surface area contributed by atoms with Gasteiger partial charge in [0.2, 0.25) is 10.0 Å². The molecule has 2 atom stereocenters. The molecule has 1 saturated heterocycles. The van der Waals surface area contributed by atoms with Crippen molar-refractivity contribution >= 4 is 20.9 Å². The van der Waals surface area contributed by atoms with Crippen LogP contribution in [0.4, 0.5) is 0 Å². The fourth-order valence-electron chi connectivity index (χ4n) is 4.02. The van der Waals surface area contributed by atoms with Gasteiger partial charge >= 0.3 is 0 Å². The number of benzene rings is 1. The molecule has 0 aliphatic carbocycles. The number of para-hydroxylation sites is 1. The fourth-order valence-corrected chi connectivity index (χ4v) is 5.27. The van der Waals surface area contributed by atoms with Crippen molar-refractivity contribution in [2.75, 3.05) is 26.2 Å². The maximum Gasteiger partial charge on any atom is 0.242 e. The van der Waals surface area contributed by atoms with Crippen LogP contribution in [-0.4, -0.2) is 44.5 Å². The van der Waals surface area contributed by atoms with E-state index in [0.29, 0.717) is 12.1 Å². The van der Waals surface area contributed by atoms with Crippen molar-refractivity contribution in [2.45, 2.75) is 38.5 Å². The Morgan fingerprint density at radius 1 is 1.23 bits per heavy atom. The second kappa shape index (κ2) is 8.03. The lowest BCUT2D eigenvalue weighted by Gasteiger charge is -2.34. The average molecular weight is 376 g/mol. The van der Waals surface area contributed by atoms with Crippen molar-refractivity contribution in [1.82, 2.24) is 14.6 Å². The third-order valence-electron chi connectivity index (χ3n) is 4.99. The van der Waals surface area contributed by atoms with Gasteiger partial charge in [0.05, 0.1) is 5.52 Å². The van der Waals surface area contributed by atoms with Gasteiger partial charge in [-0.15, -0.1) is 0 Å². The Morgan fingerprint density at radius 3 is 2.69 bits per heavy atom. The number of rotatable bonds is 6. The number of sulfonamides is 1. The molecule has 1 aromatic heterocycles. The van der Waals surface area contributed by atoms with Gasteiger partial charge in [0.1, 0.15) is 4.90 Å². The number of piperidine rings is 1. The van der Waals surface area contributed by atoms with Crippen LogP contribution in [0.25, 0.3) is 10.9 Å². The Morgan fingerprint density at radius 2 is 1.96 bits per heavy atom. The first-order chi connectivity index (χ1) is 12.3. The van der Waals surface area contributed by atoms with Crippen molar-refractivity contribution in [3.63, 3.8) is 0 Å². The lowest BCUT2D eigenvalue weighted by Crippen LogP contribution is -2.40. The number of hydrogen-bond donors (Lipinski definition) is 1. The minimum Gasteiger partial charge on any atom is -0.303 e. The Kier molecular flexibility index (Phi) is 5.95. The molecule has 1 aliphatic rings. The minimum absolute atomic E-state index is 0.259. The largest absolute Gasteiger partial charge is 0.303 e. The van der Waals surface area contributed by atoms with Crippen LogP contribution in [0.3, 0.4) is 0 Å². The molecule has 6 heteroatoms. The Bertz CT molecular complexity index is 856. The van der Waals surface area contributed by atoms with Gasteiger partial charge in [-0.2, -0.15) is 0 Å². The molecule has 3 rings (SSSR count). The van der Waals surface area contributed by atoms with Crippen LogP contribution in [0.5, 0.6) is 0 Å². The standard InChI is InChI=1S/C20H29N3O2S/c1-15-11-18-6-4-7-19(20(18)21-12-15)26(24,25)22-8-5-9-23-13-16(2)10-17(3)14-23/h4,6-7,11-12,16-17,22H,5,8-10,13-14H2,1-3H3/t16-,17-/m0/s1. The molecule has 1 N–H and O–H groups in total. The number of nitrogens with zero attached hydrogens (tertiary/aromatic N) is 2. The van der Waals surface area contributed by atoms with Crippen molar-refractivity contribution < 1.29 is 8.42 Å². The summed E-state index contributed by atoms with van der Waals surface area (Å²) in [6, 6.07) is 7.25. The van der Waals surface area contributed by atoms with E-state index < -0.39 is 10.0 Å². The van der Waals surface area contributed by atoms with Crippen LogP contribution in [0.15, 0.2) is 35.4 Å². The molecule has 1 aromatic carbocycles. The highest BCUT2D eigenvalue weighted by Gasteiger charge is 2.22. The zero-order chi connectivity index (χ0) is 18.7. The lowest BCUT2D eigenvalue weighted by molar-refractivity contribution is 0.140. The molecule has 1 aliphatic heterocycles. The number of hydrogen-bond acceptors (Lipinski definition) is 4. The first-order valence-electron chi connectivity index (χ1n) is 9.42.